The van der Waals surface area contributed by atoms with Crippen LogP contribution in [0.2, 0.25) is 0 Å². The predicted octanol–water partition coefficient (Wildman–Crippen LogP) is 6.25. The minimum Gasteiger partial charge on any atom is -0.497 e. The minimum absolute atomic E-state index is 0.0195. The van der Waals surface area contributed by atoms with Crippen LogP contribution in [0.25, 0.3) is 0 Å². The quantitative estimate of drug-likeness (QED) is 0.610. The molecule has 1 aliphatic rings. The van der Waals surface area contributed by atoms with E-state index in [0.29, 0.717) is 0 Å². The molecule has 0 aromatic heterocycles. The Labute approximate surface area is 155 Å². The van der Waals surface area contributed by atoms with E-state index in [9.17, 15) is 0 Å². The van der Waals surface area contributed by atoms with E-state index < -0.39 is 0 Å². The lowest BCUT2D eigenvalue weighted by atomic mass is 9.93. The molecule has 0 aliphatic carbocycles. The lowest BCUT2D eigenvalue weighted by Crippen LogP contribution is -2.35. The van der Waals surface area contributed by atoms with Crippen LogP contribution in [0.3, 0.4) is 0 Å². The van der Waals surface area contributed by atoms with Gasteiger partial charge in [-0.15, -0.1) is 11.8 Å². The summed E-state index contributed by atoms with van der Waals surface area (Å²) < 4.78 is 12.3. The van der Waals surface area contributed by atoms with E-state index in [1.54, 1.807) is 7.11 Å². The third kappa shape index (κ3) is 4.04. The Balaban J connectivity index is 2.04. The highest BCUT2D eigenvalue weighted by Gasteiger charge is 2.37. The maximum Gasteiger partial charge on any atom is 0.120 e. The number of hydrogen-bond donors (Lipinski definition) is 0. The lowest BCUT2D eigenvalue weighted by molar-refractivity contribution is -0.0725. The van der Waals surface area contributed by atoms with Gasteiger partial charge < -0.3 is 9.47 Å². The summed E-state index contributed by atoms with van der Waals surface area (Å²) in [7, 11) is 1.73. The molecular formula is C22H28O2S. The zero-order valence-corrected chi connectivity index (χ0v) is 16.3. The number of ether oxygens (including phenoxy) is 2. The van der Waals surface area contributed by atoms with Gasteiger partial charge in [0.2, 0.25) is 0 Å². The average molecular weight is 357 g/mol. The number of unbranched alkanes of at least 4 members (excludes halogenated alkanes) is 1. The van der Waals surface area contributed by atoms with E-state index in [4.69, 9.17) is 9.47 Å². The van der Waals surface area contributed by atoms with E-state index in [1.807, 2.05) is 17.8 Å². The van der Waals surface area contributed by atoms with E-state index in [1.165, 1.54) is 28.9 Å². The molecule has 0 amide bonds. The van der Waals surface area contributed by atoms with Crippen molar-refractivity contribution < 1.29 is 9.47 Å². The first-order chi connectivity index (χ1) is 12.2. The van der Waals surface area contributed by atoms with Crippen LogP contribution >= 0.6 is 11.8 Å². The Kier molecular flexibility index (Phi) is 6.08. The van der Waals surface area contributed by atoms with Crippen LogP contribution in [0.15, 0.2) is 53.4 Å². The standard InChI is InChI=1S/C22H28O2S/c1-4-6-14-22(5-2)16-25-20-15-18(23-3)12-13-19(20)21(24-22)17-10-8-7-9-11-17/h7-13,15,21H,4-6,14,16H2,1-3H3. The molecule has 25 heavy (non-hydrogen) atoms. The van der Waals surface area contributed by atoms with E-state index in [-0.39, 0.29) is 11.7 Å². The molecule has 0 saturated carbocycles. The Morgan fingerprint density at radius 2 is 1.96 bits per heavy atom. The molecule has 0 bridgehead atoms. The van der Waals surface area contributed by atoms with E-state index >= 15 is 0 Å². The molecule has 134 valence electrons. The fraction of sp³-hybridized carbons (Fsp3) is 0.455. The first-order valence-corrected chi connectivity index (χ1v) is 10.2. The second-order valence-corrected chi connectivity index (χ2v) is 7.76. The highest BCUT2D eigenvalue weighted by atomic mass is 32.2. The monoisotopic (exact) mass is 356 g/mol. The maximum absolute atomic E-state index is 6.87. The van der Waals surface area contributed by atoms with Crippen LogP contribution in [-0.4, -0.2) is 18.5 Å². The summed E-state index contributed by atoms with van der Waals surface area (Å²) in [4.78, 5) is 1.28. The summed E-state index contributed by atoms with van der Waals surface area (Å²) >= 11 is 1.91. The van der Waals surface area contributed by atoms with Gasteiger partial charge in [0.25, 0.3) is 0 Å². The number of benzene rings is 2. The number of methoxy groups -OCH3 is 1. The molecule has 2 atom stereocenters. The van der Waals surface area contributed by atoms with Crippen LogP contribution in [0.1, 0.15) is 56.8 Å². The molecule has 0 N–H and O–H groups in total. The van der Waals surface area contributed by atoms with Crippen molar-refractivity contribution in [1.82, 2.24) is 0 Å². The van der Waals surface area contributed by atoms with Crippen molar-refractivity contribution in [3.8, 4) is 5.75 Å². The van der Waals surface area contributed by atoms with Crippen molar-refractivity contribution in [1.29, 1.82) is 0 Å². The summed E-state index contributed by atoms with van der Waals surface area (Å²) in [5.74, 6) is 1.91. The molecular weight excluding hydrogens is 328 g/mol. The summed E-state index contributed by atoms with van der Waals surface area (Å²) in [5, 5.41) is 0. The number of rotatable bonds is 6. The average Bonchev–Trinajstić information content (AvgIpc) is 2.84. The zero-order chi connectivity index (χ0) is 17.7. The molecule has 0 fully saturated rings. The third-order valence-electron chi connectivity index (χ3n) is 5.09. The molecule has 2 nitrogen and oxygen atoms in total. The van der Waals surface area contributed by atoms with Gasteiger partial charge in [-0.3, -0.25) is 0 Å². The van der Waals surface area contributed by atoms with Crippen LogP contribution in [0.5, 0.6) is 5.75 Å². The summed E-state index contributed by atoms with van der Waals surface area (Å²) in [5.41, 5.74) is 2.41. The second-order valence-electron chi connectivity index (χ2n) is 6.74. The highest BCUT2D eigenvalue weighted by Crippen LogP contribution is 2.45. The topological polar surface area (TPSA) is 18.5 Å². The van der Waals surface area contributed by atoms with Crippen LogP contribution in [0.4, 0.5) is 0 Å². The molecule has 3 rings (SSSR count). The Morgan fingerprint density at radius 3 is 2.64 bits per heavy atom. The van der Waals surface area contributed by atoms with E-state index in [2.05, 4.69) is 56.3 Å². The maximum atomic E-state index is 6.87. The first kappa shape index (κ1) is 18.3. The Morgan fingerprint density at radius 1 is 1.16 bits per heavy atom. The fourth-order valence-corrected chi connectivity index (χ4v) is 4.78. The molecule has 0 spiro atoms. The van der Waals surface area contributed by atoms with Crippen molar-refractivity contribution in [2.24, 2.45) is 0 Å². The predicted molar refractivity (Wildman–Crippen MR) is 106 cm³/mol. The smallest absolute Gasteiger partial charge is 0.120 e. The summed E-state index contributed by atoms with van der Waals surface area (Å²) in [6.07, 6.45) is 4.53. The van der Waals surface area contributed by atoms with E-state index in [0.717, 1.165) is 24.3 Å². The van der Waals surface area contributed by atoms with Gasteiger partial charge in [0.1, 0.15) is 11.9 Å². The van der Waals surface area contributed by atoms with Gasteiger partial charge in [0.05, 0.1) is 12.7 Å². The second kappa shape index (κ2) is 8.29. The van der Waals surface area contributed by atoms with Gasteiger partial charge in [0.15, 0.2) is 0 Å². The summed E-state index contributed by atoms with van der Waals surface area (Å²) in [6.45, 7) is 4.51. The Bertz CT molecular complexity index is 686. The molecule has 2 unspecified atom stereocenters. The molecule has 0 radical (unpaired) electrons. The fourth-order valence-electron chi connectivity index (χ4n) is 3.41. The molecule has 1 heterocycles. The highest BCUT2D eigenvalue weighted by molar-refractivity contribution is 7.99. The molecule has 2 aromatic rings. The number of thioether (sulfide) groups is 1. The minimum atomic E-state index is -0.0760. The van der Waals surface area contributed by atoms with Crippen LogP contribution in [0, 0.1) is 0 Å². The van der Waals surface area contributed by atoms with Crippen molar-refractivity contribution in [3.05, 3.63) is 59.7 Å². The van der Waals surface area contributed by atoms with Gasteiger partial charge >= 0.3 is 0 Å². The summed E-state index contributed by atoms with van der Waals surface area (Å²) in [6, 6.07) is 17.0. The molecule has 0 saturated heterocycles. The number of hydrogen-bond acceptors (Lipinski definition) is 3. The Hall–Kier alpha value is -1.45. The third-order valence-corrected chi connectivity index (χ3v) is 6.43. The zero-order valence-electron chi connectivity index (χ0n) is 15.5. The lowest BCUT2D eigenvalue weighted by Gasteiger charge is -2.35. The first-order valence-electron chi connectivity index (χ1n) is 9.25. The molecule has 1 aliphatic heterocycles. The SMILES string of the molecule is CCCCC1(CC)CSc2cc(OC)ccc2C(c2ccccc2)O1. The van der Waals surface area contributed by atoms with Crippen molar-refractivity contribution in [2.75, 3.05) is 12.9 Å². The number of fused-ring (bicyclic) bond motifs is 1. The molecule has 2 aromatic carbocycles. The van der Waals surface area contributed by atoms with Crippen molar-refractivity contribution >= 4 is 11.8 Å². The van der Waals surface area contributed by atoms with Crippen molar-refractivity contribution in [2.45, 2.75) is 56.1 Å². The largest absolute Gasteiger partial charge is 0.497 e. The van der Waals surface area contributed by atoms with Gasteiger partial charge in [-0.2, -0.15) is 0 Å². The normalized spacial score (nSPS) is 22.9. The van der Waals surface area contributed by atoms with Crippen molar-refractivity contribution in [3.63, 3.8) is 0 Å². The van der Waals surface area contributed by atoms with Gasteiger partial charge in [0, 0.05) is 10.6 Å². The van der Waals surface area contributed by atoms with Gasteiger partial charge in [-0.25, -0.2) is 0 Å². The van der Waals surface area contributed by atoms with Gasteiger partial charge in [-0.05, 0) is 36.1 Å². The van der Waals surface area contributed by atoms with Gasteiger partial charge in [-0.1, -0.05) is 63.1 Å². The molecule has 3 heteroatoms. The van der Waals surface area contributed by atoms with Crippen LogP contribution < -0.4 is 4.74 Å². The van der Waals surface area contributed by atoms with Crippen LogP contribution in [-0.2, 0) is 4.74 Å².